The quantitative estimate of drug-likeness (QED) is 0.838. The number of nitrogens with two attached hydrogens (primary N) is 1. The normalized spacial score (nSPS) is 26.1. The van der Waals surface area contributed by atoms with E-state index in [0.29, 0.717) is 4.99 Å². The molecule has 1 aromatic rings. The lowest BCUT2D eigenvalue weighted by molar-refractivity contribution is 0.202. The molecule has 4 heteroatoms. The molecule has 1 aliphatic carbocycles. The van der Waals surface area contributed by atoms with Crippen LogP contribution in [0.3, 0.4) is 0 Å². The lowest BCUT2D eigenvalue weighted by atomic mass is 9.75. The SMILES string of the molecule is NC(=S)c1ccc(Cl)cc1N1CCC2CCCCC2C1. The lowest BCUT2D eigenvalue weighted by Crippen LogP contribution is -2.42. The molecule has 0 amide bonds. The van der Waals surface area contributed by atoms with E-state index in [1.165, 1.54) is 32.1 Å². The third-order valence-corrected chi connectivity index (χ3v) is 5.31. The first kappa shape index (κ1) is 14.2. The number of anilines is 1. The van der Waals surface area contributed by atoms with E-state index in [-0.39, 0.29) is 0 Å². The maximum atomic E-state index is 6.17. The van der Waals surface area contributed by atoms with Crippen LogP contribution in [0.15, 0.2) is 18.2 Å². The van der Waals surface area contributed by atoms with Crippen LogP contribution in [0.25, 0.3) is 0 Å². The number of thiocarbonyl (C=S) groups is 1. The van der Waals surface area contributed by atoms with Gasteiger partial charge in [-0.2, -0.15) is 0 Å². The van der Waals surface area contributed by atoms with Crippen LogP contribution in [0.4, 0.5) is 5.69 Å². The Balaban J connectivity index is 1.85. The molecule has 1 saturated heterocycles. The van der Waals surface area contributed by atoms with Crippen LogP contribution in [0.1, 0.15) is 37.7 Å². The molecule has 0 radical (unpaired) electrons. The molecule has 2 aliphatic rings. The summed E-state index contributed by atoms with van der Waals surface area (Å²) in [5.74, 6) is 1.75. The third-order valence-electron chi connectivity index (χ3n) is 4.86. The predicted octanol–water partition coefficient (Wildman–Crippen LogP) is 3.99. The highest BCUT2D eigenvalue weighted by Crippen LogP contribution is 2.38. The van der Waals surface area contributed by atoms with Crippen molar-refractivity contribution in [3.05, 3.63) is 28.8 Å². The van der Waals surface area contributed by atoms with Gasteiger partial charge in [-0.1, -0.05) is 43.1 Å². The smallest absolute Gasteiger partial charge is 0.106 e. The summed E-state index contributed by atoms with van der Waals surface area (Å²) in [5, 5.41) is 0.755. The highest BCUT2D eigenvalue weighted by Gasteiger charge is 2.31. The Bertz CT molecular complexity index is 517. The zero-order valence-electron chi connectivity index (χ0n) is 11.6. The number of rotatable bonds is 2. The Morgan fingerprint density at radius 3 is 2.70 bits per heavy atom. The second-order valence-corrected chi connectivity index (χ2v) is 6.94. The van der Waals surface area contributed by atoms with Gasteiger partial charge in [0.25, 0.3) is 0 Å². The molecule has 2 nitrogen and oxygen atoms in total. The average Bonchev–Trinajstić information content (AvgIpc) is 2.46. The fourth-order valence-electron chi connectivity index (χ4n) is 3.79. The second kappa shape index (κ2) is 5.90. The second-order valence-electron chi connectivity index (χ2n) is 6.07. The van der Waals surface area contributed by atoms with Crippen molar-refractivity contribution in [3.8, 4) is 0 Å². The van der Waals surface area contributed by atoms with Gasteiger partial charge in [-0.15, -0.1) is 0 Å². The van der Waals surface area contributed by atoms with E-state index in [1.807, 2.05) is 18.2 Å². The molecular weight excluding hydrogens is 288 g/mol. The zero-order valence-corrected chi connectivity index (χ0v) is 13.2. The molecule has 2 fully saturated rings. The highest BCUT2D eigenvalue weighted by molar-refractivity contribution is 7.80. The number of hydrogen-bond acceptors (Lipinski definition) is 2. The molecule has 1 saturated carbocycles. The summed E-state index contributed by atoms with van der Waals surface area (Å²) in [6.07, 6.45) is 6.86. The van der Waals surface area contributed by atoms with Crippen LogP contribution in [-0.4, -0.2) is 18.1 Å². The Labute approximate surface area is 131 Å². The summed E-state index contributed by atoms with van der Waals surface area (Å²) in [5.41, 5.74) is 7.94. The van der Waals surface area contributed by atoms with E-state index in [9.17, 15) is 0 Å². The predicted molar refractivity (Wildman–Crippen MR) is 89.6 cm³/mol. The Morgan fingerprint density at radius 1 is 1.20 bits per heavy atom. The van der Waals surface area contributed by atoms with Gasteiger partial charge in [-0.25, -0.2) is 0 Å². The van der Waals surface area contributed by atoms with Crippen LogP contribution in [0.5, 0.6) is 0 Å². The molecular formula is C16H21ClN2S. The molecule has 20 heavy (non-hydrogen) atoms. The molecule has 3 rings (SSSR count). The highest BCUT2D eigenvalue weighted by atomic mass is 35.5. The third kappa shape index (κ3) is 2.79. The molecule has 1 heterocycles. The van der Waals surface area contributed by atoms with E-state index in [4.69, 9.17) is 29.6 Å². The first-order valence-corrected chi connectivity index (χ1v) is 8.28. The molecule has 0 bridgehead atoms. The Morgan fingerprint density at radius 2 is 1.95 bits per heavy atom. The number of hydrogen-bond donors (Lipinski definition) is 1. The van der Waals surface area contributed by atoms with Gasteiger partial charge in [0.15, 0.2) is 0 Å². The van der Waals surface area contributed by atoms with Gasteiger partial charge in [-0.3, -0.25) is 0 Å². The summed E-state index contributed by atoms with van der Waals surface area (Å²) in [6.45, 7) is 2.22. The van der Waals surface area contributed by atoms with Crippen molar-refractivity contribution in [2.45, 2.75) is 32.1 Å². The van der Waals surface area contributed by atoms with E-state index in [0.717, 1.165) is 41.2 Å². The number of piperidine rings is 1. The fraction of sp³-hybridized carbons (Fsp3) is 0.562. The van der Waals surface area contributed by atoms with Crippen molar-refractivity contribution in [3.63, 3.8) is 0 Å². The van der Waals surface area contributed by atoms with Crippen molar-refractivity contribution < 1.29 is 0 Å². The van der Waals surface area contributed by atoms with Crippen molar-refractivity contribution in [1.82, 2.24) is 0 Å². The molecule has 1 aliphatic heterocycles. The maximum absolute atomic E-state index is 6.17. The van der Waals surface area contributed by atoms with Crippen molar-refractivity contribution >= 4 is 34.5 Å². The first-order valence-electron chi connectivity index (χ1n) is 7.49. The van der Waals surface area contributed by atoms with Gasteiger partial charge in [0.1, 0.15) is 4.99 Å². The lowest BCUT2D eigenvalue weighted by Gasteiger charge is -2.42. The Hall–Kier alpha value is -0.800. The number of fused-ring (bicyclic) bond motifs is 1. The van der Waals surface area contributed by atoms with Gasteiger partial charge in [0.05, 0.1) is 0 Å². The summed E-state index contributed by atoms with van der Waals surface area (Å²) in [4.78, 5) is 2.90. The standard InChI is InChI=1S/C16H21ClN2S/c17-13-5-6-14(16(18)20)15(9-13)19-8-7-11-3-1-2-4-12(11)10-19/h5-6,9,11-12H,1-4,7-8,10H2,(H2,18,20). The molecule has 108 valence electrons. The van der Waals surface area contributed by atoms with Crippen LogP contribution in [0, 0.1) is 11.8 Å². The van der Waals surface area contributed by atoms with Crippen LogP contribution in [-0.2, 0) is 0 Å². The van der Waals surface area contributed by atoms with Gasteiger partial charge in [0.2, 0.25) is 0 Å². The van der Waals surface area contributed by atoms with Crippen molar-refractivity contribution in [2.24, 2.45) is 17.6 Å². The van der Waals surface area contributed by atoms with Gasteiger partial charge < -0.3 is 10.6 Å². The van der Waals surface area contributed by atoms with E-state index >= 15 is 0 Å². The number of halogens is 1. The van der Waals surface area contributed by atoms with Crippen molar-refractivity contribution in [2.75, 3.05) is 18.0 Å². The summed E-state index contributed by atoms with van der Waals surface area (Å²) < 4.78 is 0. The van der Waals surface area contributed by atoms with Crippen LogP contribution < -0.4 is 10.6 Å². The van der Waals surface area contributed by atoms with Gasteiger partial charge >= 0.3 is 0 Å². The molecule has 2 atom stereocenters. The summed E-state index contributed by atoms with van der Waals surface area (Å²) >= 11 is 11.4. The largest absolute Gasteiger partial charge is 0.389 e. The minimum atomic E-state index is 0.461. The van der Waals surface area contributed by atoms with E-state index < -0.39 is 0 Å². The topological polar surface area (TPSA) is 29.3 Å². The number of benzene rings is 1. The summed E-state index contributed by atoms with van der Waals surface area (Å²) in [7, 11) is 0. The number of nitrogens with zero attached hydrogens (tertiary/aromatic N) is 1. The Kier molecular flexibility index (Phi) is 4.18. The molecule has 2 N–H and O–H groups in total. The fourth-order valence-corrected chi connectivity index (χ4v) is 4.13. The van der Waals surface area contributed by atoms with E-state index in [1.54, 1.807) is 0 Å². The maximum Gasteiger partial charge on any atom is 0.106 e. The van der Waals surface area contributed by atoms with E-state index in [2.05, 4.69) is 4.90 Å². The van der Waals surface area contributed by atoms with Crippen LogP contribution in [0.2, 0.25) is 5.02 Å². The van der Waals surface area contributed by atoms with Crippen LogP contribution >= 0.6 is 23.8 Å². The minimum absolute atomic E-state index is 0.461. The average molecular weight is 309 g/mol. The first-order chi connectivity index (χ1) is 9.65. The van der Waals surface area contributed by atoms with Crippen molar-refractivity contribution in [1.29, 1.82) is 0 Å². The zero-order chi connectivity index (χ0) is 14.1. The molecule has 2 unspecified atom stereocenters. The molecule has 0 aromatic heterocycles. The monoisotopic (exact) mass is 308 g/mol. The molecule has 1 aromatic carbocycles. The summed E-state index contributed by atoms with van der Waals surface area (Å²) in [6, 6.07) is 5.83. The molecule has 0 spiro atoms. The minimum Gasteiger partial charge on any atom is -0.389 e. The van der Waals surface area contributed by atoms with Gasteiger partial charge in [-0.05, 0) is 42.9 Å². The van der Waals surface area contributed by atoms with Gasteiger partial charge in [0, 0.05) is 29.4 Å².